The standard InChI is InChI=1S/C4H10O3P/c1-2-3-4-8(5,6)7/h1-4H2,(H2,5,6,7). The van der Waals surface area contributed by atoms with E-state index < -0.39 is 7.60 Å². The molecule has 0 bridgehead atoms. The quantitative estimate of drug-likeness (QED) is 0.565. The lowest BCUT2D eigenvalue weighted by molar-refractivity contribution is 0.372. The highest BCUT2D eigenvalue weighted by Crippen LogP contribution is 2.34. The van der Waals surface area contributed by atoms with Crippen LogP contribution >= 0.6 is 7.60 Å². The van der Waals surface area contributed by atoms with Crippen molar-refractivity contribution >= 4 is 7.60 Å². The van der Waals surface area contributed by atoms with E-state index in [1.807, 2.05) is 0 Å². The molecule has 0 heterocycles. The summed E-state index contributed by atoms with van der Waals surface area (Å²) in [7, 11) is -3.72. The lowest BCUT2D eigenvalue weighted by Gasteiger charge is -1.98. The summed E-state index contributed by atoms with van der Waals surface area (Å²) in [5.74, 6) is 0. The highest BCUT2D eigenvalue weighted by molar-refractivity contribution is 7.51. The highest BCUT2D eigenvalue weighted by atomic mass is 31.2. The maximum Gasteiger partial charge on any atom is 0.325 e. The average Bonchev–Trinajstić information content (AvgIpc) is 1.59. The van der Waals surface area contributed by atoms with Crippen LogP contribution in [0, 0.1) is 6.92 Å². The first-order chi connectivity index (χ1) is 3.56. The molecule has 0 unspecified atom stereocenters. The molecule has 0 aromatic heterocycles. The van der Waals surface area contributed by atoms with Crippen molar-refractivity contribution in [3.8, 4) is 0 Å². The monoisotopic (exact) mass is 137 g/mol. The molecule has 1 radical (unpaired) electrons. The van der Waals surface area contributed by atoms with E-state index in [9.17, 15) is 4.57 Å². The van der Waals surface area contributed by atoms with E-state index in [4.69, 9.17) is 9.79 Å². The van der Waals surface area contributed by atoms with Gasteiger partial charge in [0.1, 0.15) is 0 Å². The van der Waals surface area contributed by atoms with Gasteiger partial charge in [-0.25, -0.2) is 0 Å². The highest BCUT2D eigenvalue weighted by Gasteiger charge is 2.09. The third kappa shape index (κ3) is 6.15. The second-order valence-electron chi connectivity index (χ2n) is 1.60. The first-order valence-electron chi connectivity index (χ1n) is 2.40. The van der Waals surface area contributed by atoms with E-state index in [0.29, 0.717) is 12.8 Å². The third-order valence-corrected chi connectivity index (χ3v) is 1.60. The molecular formula is C4H10O3P. The molecule has 0 atom stereocenters. The number of hydrogen-bond donors (Lipinski definition) is 2. The normalized spacial score (nSPS) is 11.9. The Labute approximate surface area is 48.9 Å². The maximum absolute atomic E-state index is 10.1. The SMILES string of the molecule is [CH2]CCCP(=O)(O)O. The minimum atomic E-state index is -3.72. The Morgan fingerprint density at radius 1 is 1.50 bits per heavy atom. The van der Waals surface area contributed by atoms with E-state index >= 15 is 0 Å². The molecular weight excluding hydrogens is 127 g/mol. The zero-order valence-corrected chi connectivity index (χ0v) is 5.47. The molecule has 0 saturated heterocycles. The van der Waals surface area contributed by atoms with E-state index in [-0.39, 0.29) is 6.16 Å². The summed E-state index contributed by atoms with van der Waals surface area (Å²) >= 11 is 0. The van der Waals surface area contributed by atoms with Gasteiger partial charge in [-0.3, -0.25) is 4.57 Å². The van der Waals surface area contributed by atoms with Crippen molar-refractivity contribution in [2.45, 2.75) is 12.8 Å². The fraction of sp³-hybridized carbons (Fsp3) is 0.750. The Kier molecular flexibility index (Phi) is 3.29. The molecule has 2 N–H and O–H groups in total. The number of unbranched alkanes of at least 4 members (excludes halogenated alkanes) is 1. The summed E-state index contributed by atoms with van der Waals surface area (Å²) in [6, 6.07) is 0. The van der Waals surface area contributed by atoms with Gasteiger partial charge < -0.3 is 9.79 Å². The molecule has 0 rings (SSSR count). The van der Waals surface area contributed by atoms with Crippen molar-refractivity contribution in [1.82, 2.24) is 0 Å². The van der Waals surface area contributed by atoms with Gasteiger partial charge in [0.05, 0.1) is 0 Å². The average molecular weight is 137 g/mol. The molecule has 0 amide bonds. The molecule has 0 aromatic carbocycles. The van der Waals surface area contributed by atoms with Crippen LogP contribution in [0.25, 0.3) is 0 Å². The Morgan fingerprint density at radius 2 is 2.00 bits per heavy atom. The number of rotatable bonds is 3. The van der Waals surface area contributed by atoms with E-state index in [2.05, 4.69) is 6.92 Å². The topological polar surface area (TPSA) is 57.5 Å². The molecule has 0 saturated carbocycles. The van der Waals surface area contributed by atoms with Gasteiger partial charge >= 0.3 is 7.60 Å². The Hall–Kier alpha value is 0.150. The summed E-state index contributed by atoms with van der Waals surface area (Å²) in [4.78, 5) is 16.5. The van der Waals surface area contributed by atoms with Gasteiger partial charge in [0, 0.05) is 6.16 Å². The Morgan fingerprint density at radius 3 is 2.12 bits per heavy atom. The zero-order valence-electron chi connectivity index (χ0n) is 4.58. The van der Waals surface area contributed by atoms with Crippen molar-refractivity contribution < 1.29 is 14.4 Å². The maximum atomic E-state index is 10.1. The van der Waals surface area contributed by atoms with Crippen LogP contribution in [0.4, 0.5) is 0 Å². The summed E-state index contributed by atoms with van der Waals surface area (Å²) in [5, 5.41) is 0. The molecule has 3 nitrogen and oxygen atoms in total. The molecule has 0 aliphatic carbocycles. The van der Waals surface area contributed by atoms with Crippen molar-refractivity contribution in [1.29, 1.82) is 0 Å². The van der Waals surface area contributed by atoms with E-state index in [0.717, 1.165) is 0 Å². The van der Waals surface area contributed by atoms with Gasteiger partial charge in [0.15, 0.2) is 0 Å². The van der Waals surface area contributed by atoms with E-state index in [1.54, 1.807) is 0 Å². The van der Waals surface area contributed by atoms with Crippen LogP contribution in [0.1, 0.15) is 12.8 Å². The summed E-state index contributed by atoms with van der Waals surface area (Å²) in [5.41, 5.74) is 0. The minimum absolute atomic E-state index is 0.0312. The van der Waals surface area contributed by atoms with Gasteiger partial charge in [-0.1, -0.05) is 13.3 Å². The fourth-order valence-electron chi connectivity index (χ4n) is 0.318. The molecule has 0 aromatic rings. The third-order valence-electron chi connectivity index (χ3n) is 0.699. The summed E-state index contributed by atoms with van der Waals surface area (Å²) < 4.78 is 10.1. The van der Waals surface area contributed by atoms with Crippen LogP contribution < -0.4 is 0 Å². The van der Waals surface area contributed by atoms with Crippen LogP contribution in [-0.4, -0.2) is 15.9 Å². The lowest BCUT2D eigenvalue weighted by atomic mass is 10.4. The second-order valence-corrected chi connectivity index (χ2v) is 3.37. The largest absolute Gasteiger partial charge is 0.325 e. The summed E-state index contributed by atoms with van der Waals surface area (Å²) in [6.07, 6.45) is 1.06. The van der Waals surface area contributed by atoms with Crippen molar-refractivity contribution in [2.75, 3.05) is 6.16 Å². The predicted molar refractivity (Wildman–Crippen MR) is 31.5 cm³/mol. The second kappa shape index (κ2) is 3.23. The van der Waals surface area contributed by atoms with Crippen molar-refractivity contribution in [3.63, 3.8) is 0 Å². The molecule has 8 heavy (non-hydrogen) atoms. The molecule has 0 fully saturated rings. The van der Waals surface area contributed by atoms with Gasteiger partial charge in [0.2, 0.25) is 0 Å². The first-order valence-corrected chi connectivity index (χ1v) is 4.20. The fourth-order valence-corrected chi connectivity index (χ4v) is 0.953. The van der Waals surface area contributed by atoms with Crippen LogP contribution in [0.3, 0.4) is 0 Å². The molecule has 0 aliphatic rings. The van der Waals surface area contributed by atoms with Crippen molar-refractivity contribution in [2.24, 2.45) is 0 Å². The van der Waals surface area contributed by atoms with Crippen LogP contribution in [0.2, 0.25) is 0 Å². The van der Waals surface area contributed by atoms with E-state index in [1.165, 1.54) is 0 Å². The first kappa shape index (κ1) is 8.15. The van der Waals surface area contributed by atoms with Crippen LogP contribution in [-0.2, 0) is 4.57 Å². The van der Waals surface area contributed by atoms with Gasteiger partial charge in [-0.2, -0.15) is 0 Å². The molecule has 0 spiro atoms. The van der Waals surface area contributed by atoms with Gasteiger partial charge in [-0.15, -0.1) is 0 Å². The van der Waals surface area contributed by atoms with Crippen LogP contribution in [0.5, 0.6) is 0 Å². The molecule has 49 valence electrons. The van der Waals surface area contributed by atoms with Gasteiger partial charge in [0.25, 0.3) is 0 Å². The predicted octanol–water partition coefficient (Wildman–Crippen LogP) is 0.778. The van der Waals surface area contributed by atoms with Crippen LogP contribution in [0.15, 0.2) is 0 Å². The van der Waals surface area contributed by atoms with Gasteiger partial charge in [-0.05, 0) is 6.42 Å². The Balaban J connectivity index is 3.26. The van der Waals surface area contributed by atoms with Crippen molar-refractivity contribution in [3.05, 3.63) is 6.92 Å². The zero-order chi connectivity index (χ0) is 6.62. The molecule has 0 aliphatic heterocycles. The minimum Gasteiger partial charge on any atom is -0.324 e. The summed E-state index contributed by atoms with van der Waals surface area (Å²) in [6.45, 7) is 3.45. The molecule has 4 heteroatoms. The number of hydrogen-bond acceptors (Lipinski definition) is 1. The Bertz CT molecular complexity index is 95.5. The lowest BCUT2D eigenvalue weighted by Crippen LogP contribution is -1.85. The smallest absolute Gasteiger partial charge is 0.324 e.